The van der Waals surface area contributed by atoms with Crippen molar-refractivity contribution in [2.45, 2.75) is 13.0 Å². The number of aryl methyl sites for hydroxylation is 1. The van der Waals surface area contributed by atoms with Gasteiger partial charge >= 0.3 is 0 Å². The molecule has 0 unspecified atom stereocenters. The summed E-state index contributed by atoms with van der Waals surface area (Å²) in [5.41, 5.74) is 4.86. The highest BCUT2D eigenvalue weighted by molar-refractivity contribution is 5.94. The van der Waals surface area contributed by atoms with Gasteiger partial charge < -0.3 is 9.64 Å². The van der Waals surface area contributed by atoms with Gasteiger partial charge in [0.1, 0.15) is 11.4 Å². The minimum absolute atomic E-state index is 0.0173. The van der Waals surface area contributed by atoms with Gasteiger partial charge in [0.25, 0.3) is 5.91 Å². The van der Waals surface area contributed by atoms with Gasteiger partial charge in [0.15, 0.2) is 0 Å². The number of amides is 1. The molecular formula is C21H21N3O2. The highest BCUT2D eigenvalue weighted by atomic mass is 16.5. The Labute approximate surface area is 152 Å². The van der Waals surface area contributed by atoms with Crippen LogP contribution in [0.1, 0.15) is 21.6 Å². The van der Waals surface area contributed by atoms with E-state index < -0.39 is 0 Å². The van der Waals surface area contributed by atoms with Crippen LogP contribution in [0.2, 0.25) is 0 Å². The lowest BCUT2D eigenvalue weighted by atomic mass is 10.00. The molecule has 0 fully saturated rings. The molecule has 132 valence electrons. The van der Waals surface area contributed by atoms with Crippen molar-refractivity contribution in [3.8, 4) is 17.0 Å². The highest BCUT2D eigenvalue weighted by Gasteiger charge is 2.24. The highest BCUT2D eigenvalue weighted by Crippen LogP contribution is 2.25. The van der Waals surface area contributed by atoms with Crippen molar-refractivity contribution >= 4 is 5.91 Å². The maximum atomic E-state index is 13.0. The first kappa shape index (κ1) is 16.4. The second-order valence-electron chi connectivity index (χ2n) is 6.52. The summed E-state index contributed by atoms with van der Waals surface area (Å²) in [7, 11) is 3.45. The van der Waals surface area contributed by atoms with Crippen molar-refractivity contribution in [1.82, 2.24) is 14.7 Å². The molecule has 5 nitrogen and oxygen atoms in total. The van der Waals surface area contributed by atoms with Crippen LogP contribution in [0.4, 0.5) is 0 Å². The smallest absolute Gasteiger partial charge is 0.272 e. The lowest BCUT2D eigenvalue weighted by Gasteiger charge is -2.28. The molecule has 1 aliphatic rings. The summed E-state index contributed by atoms with van der Waals surface area (Å²) >= 11 is 0. The van der Waals surface area contributed by atoms with E-state index in [1.165, 1.54) is 11.1 Å². The van der Waals surface area contributed by atoms with Gasteiger partial charge in [-0.1, -0.05) is 36.4 Å². The molecular weight excluding hydrogens is 326 g/mol. The summed E-state index contributed by atoms with van der Waals surface area (Å²) in [6, 6.07) is 17.9. The van der Waals surface area contributed by atoms with Crippen LogP contribution in [0.25, 0.3) is 11.3 Å². The molecule has 1 amide bonds. The monoisotopic (exact) mass is 347 g/mol. The van der Waals surface area contributed by atoms with E-state index in [1.807, 2.05) is 48.3 Å². The number of ether oxygens (including phenoxy) is 1. The van der Waals surface area contributed by atoms with Crippen molar-refractivity contribution in [1.29, 1.82) is 0 Å². The lowest BCUT2D eigenvalue weighted by Crippen LogP contribution is -2.36. The molecule has 0 N–H and O–H groups in total. The molecule has 0 spiro atoms. The Balaban J connectivity index is 1.60. The predicted octanol–water partition coefficient (Wildman–Crippen LogP) is 3.29. The van der Waals surface area contributed by atoms with Gasteiger partial charge in [-0.05, 0) is 35.7 Å². The van der Waals surface area contributed by atoms with Crippen molar-refractivity contribution in [2.24, 2.45) is 7.05 Å². The fourth-order valence-corrected chi connectivity index (χ4v) is 3.42. The number of aromatic nitrogens is 2. The van der Waals surface area contributed by atoms with Gasteiger partial charge in [-0.2, -0.15) is 5.10 Å². The van der Waals surface area contributed by atoms with Crippen LogP contribution in [0.5, 0.6) is 5.75 Å². The van der Waals surface area contributed by atoms with E-state index in [2.05, 4.69) is 23.3 Å². The number of fused-ring (bicyclic) bond motifs is 1. The average molecular weight is 347 g/mol. The zero-order valence-electron chi connectivity index (χ0n) is 15.0. The fraction of sp³-hybridized carbons (Fsp3) is 0.238. The molecule has 1 aromatic heterocycles. The molecule has 3 aromatic rings. The molecule has 2 heterocycles. The van der Waals surface area contributed by atoms with Crippen LogP contribution in [0.15, 0.2) is 54.6 Å². The zero-order valence-corrected chi connectivity index (χ0v) is 15.0. The van der Waals surface area contributed by atoms with E-state index in [1.54, 1.807) is 11.8 Å². The topological polar surface area (TPSA) is 47.4 Å². The number of nitrogens with zero attached hydrogens (tertiary/aromatic N) is 3. The Kier molecular flexibility index (Phi) is 4.21. The van der Waals surface area contributed by atoms with Gasteiger partial charge in [-0.25, -0.2) is 0 Å². The standard InChI is InChI=1S/C21H21N3O2/c1-23-20(13-19(22-23)16-8-5-9-18(12-16)26-2)21(25)24-11-10-15-6-3-4-7-17(15)14-24/h3-9,12-13H,10-11,14H2,1-2H3. The fourth-order valence-electron chi connectivity index (χ4n) is 3.42. The molecule has 0 radical (unpaired) electrons. The molecule has 5 heteroatoms. The van der Waals surface area contributed by atoms with E-state index in [4.69, 9.17) is 4.74 Å². The maximum absolute atomic E-state index is 13.0. The third-order valence-electron chi connectivity index (χ3n) is 4.88. The number of carbonyl (C=O) groups is 1. The van der Waals surface area contributed by atoms with Crippen LogP contribution in [0.3, 0.4) is 0 Å². The molecule has 0 saturated heterocycles. The van der Waals surface area contributed by atoms with E-state index in [9.17, 15) is 4.79 Å². The predicted molar refractivity (Wildman–Crippen MR) is 100 cm³/mol. The quantitative estimate of drug-likeness (QED) is 0.730. The third kappa shape index (κ3) is 2.96. The molecule has 0 bridgehead atoms. The average Bonchev–Trinajstić information content (AvgIpc) is 3.08. The first-order valence-corrected chi connectivity index (χ1v) is 8.70. The summed E-state index contributed by atoms with van der Waals surface area (Å²) in [6.07, 6.45) is 0.891. The van der Waals surface area contributed by atoms with Gasteiger partial charge in [-0.15, -0.1) is 0 Å². The van der Waals surface area contributed by atoms with Crippen molar-refractivity contribution in [2.75, 3.05) is 13.7 Å². The number of hydrogen-bond acceptors (Lipinski definition) is 3. The maximum Gasteiger partial charge on any atom is 0.272 e. The summed E-state index contributed by atoms with van der Waals surface area (Å²) < 4.78 is 6.94. The molecule has 0 saturated carbocycles. The molecule has 0 aliphatic carbocycles. The van der Waals surface area contributed by atoms with E-state index in [0.717, 1.165) is 30.0 Å². The van der Waals surface area contributed by atoms with Crippen molar-refractivity contribution in [3.05, 3.63) is 71.4 Å². The summed E-state index contributed by atoms with van der Waals surface area (Å²) in [6.45, 7) is 1.38. The van der Waals surface area contributed by atoms with E-state index in [0.29, 0.717) is 12.2 Å². The van der Waals surface area contributed by atoms with Gasteiger partial charge in [-0.3, -0.25) is 9.48 Å². The van der Waals surface area contributed by atoms with Crippen LogP contribution in [-0.2, 0) is 20.0 Å². The van der Waals surface area contributed by atoms with Crippen molar-refractivity contribution < 1.29 is 9.53 Å². The second kappa shape index (κ2) is 6.67. The molecule has 26 heavy (non-hydrogen) atoms. The first-order valence-electron chi connectivity index (χ1n) is 8.70. The summed E-state index contributed by atoms with van der Waals surface area (Å²) in [5.74, 6) is 0.789. The Bertz CT molecular complexity index is 961. The molecule has 1 aliphatic heterocycles. The molecule has 4 rings (SSSR count). The van der Waals surface area contributed by atoms with Crippen LogP contribution in [-0.4, -0.2) is 34.2 Å². The van der Waals surface area contributed by atoms with Crippen LogP contribution >= 0.6 is 0 Å². The Morgan fingerprint density at radius 2 is 1.88 bits per heavy atom. The number of hydrogen-bond donors (Lipinski definition) is 0. The lowest BCUT2D eigenvalue weighted by molar-refractivity contribution is 0.0723. The largest absolute Gasteiger partial charge is 0.497 e. The first-order chi connectivity index (χ1) is 12.7. The number of carbonyl (C=O) groups excluding carboxylic acids is 1. The van der Waals surface area contributed by atoms with Crippen LogP contribution < -0.4 is 4.74 Å². The Morgan fingerprint density at radius 1 is 1.08 bits per heavy atom. The minimum atomic E-state index is 0.0173. The van der Waals surface area contributed by atoms with Gasteiger partial charge in [0, 0.05) is 25.7 Å². The number of benzene rings is 2. The SMILES string of the molecule is COc1cccc(-c2cc(C(=O)N3CCc4ccccc4C3)n(C)n2)c1. The number of rotatable bonds is 3. The van der Waals surface area contributed by atoms with Gasteiger partial charge in [0.05, 0.1) is 12.8 Å². The zero-order chi connectivity index (χ0) is 18.1. The van der Waals surface area contributed by atoms with E-state index >= 15 is 0 Å². The van der Waals surface area contributed by atoms with Gasteiger partial charge in [0.2, 0.25) is 0 Å². The Hall–Kier alpha value is -3.08. The summed E-state index contributed by atoms with van der Waals surface area (Å²) in [4.78, 5) is 14.9. The third-order valence-corrected chi connectivity index (χ3v) is 4.88. The van der Waals surface area contributed by atoms with Crippen molar-refractivity contribution in [3.63, 3.8) is 0 Å². The molecule has 0 atom stereocenters. The Morgan fingerprint density at radius 3 is 2.69 bits per heavy atom. The minimum Gasteiger partial charge on any atom is -0.497 e. The second-order valence-corrected chi connectivity index (χ2v) is 6.52. The van der Waals surface area contributed by atoms with E-state index in [-0.39, 0.29) is 5.91 Å². The normalized spacial score (nSPS) is 13.4. The van der Waals surface area contributed by atoms with Crippen LogP contribution in [0, 0.1) is 0 Å². The summed E-state index contributed by atoms with van der Waals surface area (Å²) in [5, 5.41) is 4.53. The number of methoxy groups -OCH3 is 1. The molecule has 2 aromatic carbocycles.